The summed E-state index contributed by atoms with van der Waals surface area (Å²) in [7, 11) is 0. The van der Waals surface area contributed by atoms with Crippen LogP contribution >= 0.6 is 0 Å². The maximum atomic E-state index is 12.8. The lowest BCUT2D eigenvalue weighted by atomic mass is 10.1. The van der Waals surface area contributed by atoms with Crippen LogP contribution in [0.2, 0.25) is 0 Å². The van der Waals surface area contributed by atoms with Crippen molar-refractivity contribution in [3.63, 3.8) is 0 Å². The van der Waals surface area contributed by atoms with Crippen LogP contribution in [0.1, 0.15) is 17.3 Å². The number of pyridine rings is 1. The molecule has 0 unspecified atom stereocenters. The molecule has 0 aliphatic heterocycles. The van der Waals surface area contributed by atoms with E-state index in [0.29, 0.717) is 5.69 Å². The first kappa shape index (κ1) is 13.9. The highest BCUT2D eigenvalue weighted by Crippen LogP contribution is 2.18. The summed E-state index contributed by atoms with van der Waals surface area (Å²) in [5, 5.41) is 0. The molecule has 0 saturated carbocycles. The first-order valence-electron chi connectivity index (χ1n) is 6.05. The molecule has 0 spiro atoms. The van der Waals surface area contributed by atoms with Gasteiger partial charge in [-0.2, -0.15) is 0 Å². The van der Waals surface area contributed by atoms with Crippen LogP contribution < -0.4 is 0 Å². The third kappa shape index (κ3) is 3.06. The van der Waals surface area contributed by atoms with Gasteiger partial charge in [-0.15, -0.1) is 0 Å². The molecule has 20 heavy (non-hydrogen) atoms. The largest absolute Gasteiger partial charge is 0.460 e. The zero-order valence-corrected chi connectivity index (χ0v) is 10.8. The Balaban J connectivity index is 2.20. The first-order chi connectivity index (χ1) is 9.61. The molecule has 0 saturated heterocycles. The summed E-state index contributed by atoms with van der Waals surface area (Å²) in [6.45, 7) is 1.79. The molecule has 4 nitrogen and oxygen atoms in total. The predicted molar refractivity (Wildman–Crippen MR) is 70.6 cm³/mol. The molecule has 0 N–H and O–H groups in total. The smallest absolute Gasteiger partial charge is 0.379 e. The molecule has 2 rings (SSSR count). The number of carbonyl (C=O) groups is 2. The molecule has 0 aliphatic rings. The van der Waals surface area contributed by atoms with Gasteiger partial charge in [-0.3, -0.25) is 9.78 Å². The Morgan fingerprint density at radius 1 is 1.15 bits per heavy atom. The van der Waals surface area contributed by atoms with Crippen LogP contribution in [0, 0.1) is 5.82 Å². The monoisotopic (exact) mass is 273 g/mol. The second kappa shape index (κ2) is 6.06. The molecule has 0 aliphatic carbocycles. The zero-order valence-electron chi connectivity index (χ0n) is 10.8. The quantitative estimate of drug-likeness (QED) is 0.488. The summed E-state index contributed by atoms with van der Waals surface area (Å²) in [5.74, 6) is -1.98. The molecule has 1 heterocycles. The van der Waals surface area contributed by atoms with Gasteiger partial charge in [0.05, 0.1) is 18.5 Å². The van der Waals surface area contributed by atoms with Crippen molar-refractivity contribution in [2.24, 2.45) is 0 Å². The molecule has 0 amide bonds. The van der Waals surface area contributed by atoms with Crippen molar-refractivity contribution >= 4 is 11.8 Å². The Morgan fingerprint density at radius 2 is 1.85 bits per heavy atom. The molecule has 0 fully saturated rings. The predicted octanol–water partition coefficient (Wildman–Crippen LogP) is 2.63. The minimum Gasteiger partial charge on any atom is -0.460 e. The minimum absolute atomic E-state index is 0.155. The number of halogens is 1. The highest BCUT2D eigenvalue weighted by molar-refractivity contribution is 6.40. The summed E-state index contributed by atoms with van der Waals surface area (Å²) in [5.41, 5.74) is 1.56. The Bertz CT molecular complexity index is 621. The van der Waals surface area contributed by atoms with Gasteiger partial charge >= 0.3 is 5.97 Å². The Hall–Kier alpha value is -2.56. The lowest BCUT2D eigenvalue weighted by Gasteiger charge is -2.03. The normalized spacial score (nSPS) is 10.1. The second-order valence-electron chi connectivity index (χ2n) is 3.99. The van der Waals surface area contributed by atoms with Gasteiger partial charge in [-0.25, -0.2) is 9.18 Å². The molecule has 5 heteroatoms. The molecule has 0 atom stereocenters. The van der Waals surface area contributed by atoms with Crippen LogP contribution in [-0.4, -0.2) is 23.3 Å². The Labute approximate surface area is 115 Å². The molecule has 2 aromatic rings. The van der Waals surface area contributed by atoms with Crippen molar-refractivity contribution in [2.45, 2.75) is 6.92 Å². The standard InChI is InChI=1S/C15H12FNO3/c1-2-20-15(19)14(18)11-5-3-10(4-6-11)13-8-7-12(16)9-17-13/h3-9H,2H2,1H3. The lowest BCUT2D eigenvalue weighted by Crippen LogP contribution is -2.17. The van der Waals surface area contributed by atoms with Crippen LogP contribution in [0.15, 0.2) is 42.6 Å². The number of benzene rings is 1. The summed E-state index contributed by atoms with van der Waals surface area (Å²) >= 11 is 0. The molecule has 0 radical (unpaired) electrons. The summed E-state index contributed by atoms with van der Waals surface area (Å²) in [6, 6.07) is 9.16. The van der Waals surface area contributed by atoms with Gasteiger partial charge in [0.1, 0.15) is 5.82 Å². The van der Waals surface area contributed by atoms with E-state index in [1.54, 1.807) is 19.1 Å². The van der Waals surface area contributed by atoms with Crippen molar-refractivity contribution in [2.75, 3.05) is 6.61 Å². The summed E-state index contributed by atoms with van der Waals surface area (Å²) in [4.78, 5) is 26.9. The van der Waals surface area contributed by atoms with E-state index in [1.165, 1.54) is 24.3 Å². The van der Waals surface area contributed by atoms with Crippen molar-refractivity contribution in [1.29, 1.82) is 0 Å². The SMILES string of the molecule is CCOC(=O)C(=O)c1ccc(-c2ccc(F)cn2)cc1. The fourth-order valence-electron chi connectivity index (χ4n) is 1.65. The maximum absolute atomic E-state index is 12.8. The lowest BCUT2D eigenvalue weighted by molar-refractivity contribution is -0.137. The second-order valence-corrected chi connectivity index (χ2v) is 3.99. The number of hydrogen-bond donors (Lipinski definition) is 0. The number of aromatic nitrogens is 1. The van der Waals surface area contributed by atoms with E-state index >= 15 is 0 Å². The summed E-state index contributed by atoms with van der Waals surface area (Å²) < 4.78 is 17.4. The Kier molecular flexibility index (Phi) is 4.20. The van der Waals surface area contributed by atoms with Crippen LogP contribution in [0.4, 0.5) is 4.39 Å². The minimum atomic E-state index is -0.875. The van der Waals surface area contributed by atoms with Crippen LogP contribution in [-0.2, 0) is 9.53 Å². The number of carbonyl (C=O) groups excluding carboxylic acids is 2. The third-order valence-corrected chi connectivity index (χ3v) is 2.63. The van der Waals surface area contributed by atoms with Gasteiger partial charge in [-0.05, 0) is 19.1 Å². The average molecular weight is 273 g/mol. The topological polar surface area (TPSA) is 56.3 Å². The van der Waals surface area contributed by atoms with E-state index in [2.05, 4.69) is 9.72 Å². The average Bonchev–Trinajstić information content (AvgIpc) is 2.48. The van der Waals surface area contributed by atoms with Gasteiger partial charge in [0.15, 0.2) is 0 Å². The number of nitrogens with zero attached hydrogens (tertiary/aromatic N) is 1. The van der Waals surface area contributed by atoms with Gasteiger partial charge in [-0.1, -0.05) is 24.3 Å². The maximum Gasteiger partial charge on any atom is 0.379 e. The van der Waals surface area contributed by atoms with E-state index in [9.17, 15) is 14.0 Å². The summed E-state index contributed by atoms with van der Waals surface area (Å²) in [6.07, 6.45) is 1.12. The van der Waals surface area contributed by atoms with E-state index in [-0.39, 0.29) is 12.2 Å². The molecule has 0 bridgehead atoms. The molecular weight excluding hydrogens is 261 g/mol. The van der Waals surface area contributed by atoms with Gasteiger partial charge in [0.2, 0.25) is 0 Å². The number of hydrogen-bond acceptors (Lipinski definition) is 4. The van der Waals surface area contributed by atoms with Gasteiger partial charge < -0.3 is 4.74 Å². The van der Waals surface area contributed by atoms with Gasteiger partial charge in [0, 0.05) is 11.1 Å². The zero-order chi connectivity index (χ0) is 14.5. The fourth-order valence-corrected chi connectivity index (χ4v) is 1.65. The number of Topliss-reactive ketones (excluding diaryl/α,β-unsaturated/α-hetero) is 1. The number of rotatable bonds is 4. The van der Waals surface area contributed by atoms with Crippen molar-refractivity contribution in [1.82, 2.24) is 4.98 Å². The van der Waals surface area contributed by atoms with E-state index in [4.69, 9.17) is 0 Å². The molecule has 1 aromatic heterocycles. The van der Waals surface area contributed by atoms with Crippen molar-refractivity contribution in [3.05, 3.63) is 54.0 Å². The molecular formula is C15H12FNO3. The molecule has 102 valence electrons. The van der Waals surface area contributed by atoms with E-state index in [1.807, 2.05) is 0 Å². The van der Waals surface area contributed by atoms with Crippen LogP contribution in [0.3, 0.4) is 0 Å². The highest BCUT2D eigenvalue weighted by Gasteiger charge is 2.17. The van der Waals surface area contributed by atoms with Gasteiger partial charge in [0.25, 0.3) is 5.78 Å². The van der Waals surface area contributed by atoms with Crippen molar-refractivity contribution < 1.29 is 18.7 Å². The highest BCUT2D eigenvalue weighted by atomic mass is 19.1. The number of ether oxygens (including phenoxy) is 1. The van der Waals surface area contributed by atoms with Crippen LogP contribution in [0.5, 0.6) is 0 Å². The fraction of sp³-hybridized carbons (Fsp3) is 0.133. The van der Waals surface area contributed by atoms with E-state index in [0.717, 1.165) is 11.8 Å². The Morgan fingerprint density at radius 3 is 2.40 bits per heavy atom. The molecule has 1 aromatic carbocycles. The number of ketones is 1. The van der Waals surface area contributed by atoms with E-state index < -0.39 is 17.6 Å². The third-order valence-electron chi connectivity index (χ3n) is 2.63. The first-order valence-corrected chi connectivity index (χ1v) is 6.05. The number of esters is 1. The van der Waals surface area contributed by atoms with Crippen molar-refractivity contribution in [3.8, 4) is 11.3 Å². The van der Waals surface area contributed by atoms with Crippen LogP contribution in [0.25, 0.3) is 11.3 Å².